The van der Waals surface area contributed by atoms with E-state index in [-0.39, 0.29) is 12.0 Å². The molecule has 0 aliphatic carbocycles. The quantitative estimate of drug-likeness (QED) is 0.757. The van der Waals surface area contributed by atoms with Crippen molar-refractivity contribution in [1.29, 1.82) is 0 Å². The van der Waals surface area contributed by atoms with E-state index in [2.05, 4.69) is 26.2 Å². The molecule has 1 aromatic heterocycles. The van der Waals surface area contributed by atoms with Crippen molar-refractivity contribution in [2.24, 2.45) is 0 Å². The third-order valence-electron chi connectivity index (χ3n) is 1.74. The molecule has 0 bridgehead atoms. The number of aromatic nitrogens is 3. The standard InChI is InChI=1S/C10H14N4O2/c1-6-10(2,3)14-7-11-8(15-4)13-9(12-7)16-5/h1H,2-5H3,(H,11,12,13,14). The van der Waals surface area contributed by atoms with Gasteiger partial charge in [-0.1, -0.05) is 5.92 Å². The molecule has 1 N–H and O–H groups in total. The molecule has 0 saturated heterocycles. The Kier molecular flexibility index (Phi) is 3.51. The van der Waals surface area contributed by atoms with Crippen LogP contribution < -0.4 is 14.8 Å². The highest BCUT2D eigenvalue weighted by Gasteiger charge is 2.16. The minimum atomic E-state index is -0.558. The van der Waals surface area contributed by atoms with Gasteiger partial charge in [0, 0.05) is 0 Å². The Labute approximate surface area is 94.4 Å². The molecule has 6 nitrogen and oxygen atoms in total. The fraction of sp³-hybridized carbons (Fsp3) is 0.500. The highest BCUT2D eigenvalue weighted by molar-refractivity contribution is 5.35. The van der Waals surface area contributed by atoms with E-state index in [9.17, 15) is 0 Å². The Morgan fingerprint density at radius 3 is 2.00 bits per heavy atom. The van der Waals surface area contributed by atoms with Crippen LogP contribution in [0.25, 0.3) is 0 Å². The van der Waals surface area contributed by atoms with Gasteiger partial charge in [-0.25, -0.2) is 0 Å². The first-order chi connectivity index (χ1) is 7.50. The van der Waals surface area contributed by atoms with Crippen LogP contribution in [-0.2, 0) is 0 Å². The predicted octanol–water partition coefficient (Wildman–Crippen LogP) is 0.712. The minimum Gasteiger partial charge on any atom is -0.467 e. The molecular weight excluding hydrogens is 208 g/mol. The van der Waals surface area contributed by atoms with Crippen LogP contribution in [-0.4, -0.2) is 34.7 Å². The summed E-state index contributed by atoms with van der Waals surface area (Å²) >= 11 is 0. The van der Waals surface area contributed by atoms with Gasteiger partial charge in [-0.05, 0) is 13.8 Å². The molecular formula is C10H14N4O2. The van der Waals surface area contributed by atoms with Crippen LogP contribution in [0.5, 0.6) is 12.0 Å². The summed E-state index contributed by atoms with van der Waals surface area (Å²) in [5, 5.41) is 2.96. The third kappa shape index (κ3) is 2.98. The number of ether oxygens (including phenoxy) is 2. The monoisotopic (exact) mass is 222 g/mol. The van der Waals surface area contributed by atoms with Crippen molar-refractivity contribution in [2.75, 3.05) is 19.5 Å². The van der Waals surface area contributed by atoms with Gasteiger partial charge in [0.15, 0.2) is 0 Å². The molecule has 0 aliphatic heterocycles. The number of hydrogen-bond acceptors (Lipinski definition) is 6. The largest absolute Gasteiger partial charge is 0.467 e. The van der Waals surface area contributed by atoms with Crippen LogP contribution in [0.2, 0.25) is 0 Å². The minimum absolute atomic E-state index is 0.169. The number of nitrogens with one attached hydrogen (secondary N) is 1. The maximum atomic E-state index is 5.35. The number of terminal acetylenes is 1. The zero-order valence-corrected chi connectivity index (χ0v) is 9.74. The lowest BCUT2D eigenvalue weighted by molar-refractivity contribution is 0.340. The van der Waals surface area contributed by atoms with Gasteiger partial charge in [-0.3, -0.25) is 0 Å². The maximum Gasteiger partial charge on any atom is 0.324 e. The summed E-state index contributed by atoms with van der Waals surface area (Å²) in [6, 6.07) is 0.337. The lowest BCUT2D eigenvalue weighted by Gasteiger charge is -2.19. The second-order valence-corrected chi connectivity index (χ2v) is 3.53. The summed E-state index contributed by atoms with van der Waals surface area (Å²) < 4.78 is 9.82. The first-order valence-corrected chi connectivity index (χ1v) is 4.61. The van der Waals surface area contributed by atoms with E-state index in [1.807, 2.05) is 13.8 Å². The molecule has 0 atom stereocenters. The maximum absolute atomic E-state index is 5.35. The molecule has 1 heterocycles. The second-order valence-electron chi connectivity index (χ2n) is 3.53. The molecule has 0 aliphatic rings. The van der Waals surface area contributed by atoms with Gasteiger partial charge in [-0.2, -0.15) is 9.97 Å². The Hall–Kier alpha value is -2.03. The van der Waals surface area contributed by atoms with Crippen molar-refractivity contribution >= 4 is 5.95 Å². The fourth-order valence-corrected chi connectivity index (χ4v) is 0.892. The summed E-state index contributed by atoms with van der Waals surface area (Å²) in [5.41, 5.74) is -0.558. The van der Waals surface area contributed by atoms with E-state index in [0.717, 1.165) is 0 Å². The molecule has 0 radical (unpaired) electrons. The Balaban J connectivity index is 3.01. The van der Waals surface area contributed by atoms with Gasteiger partial charge in [-0.15, -0.1) is 11.4 Å². The zero-order chi connectivity index (χ0) is 12.2. The van der Waals surface area contributed by atoms with E-state index in [4.69, 9.17) is 15.9 Å². The SMILES string of the molecule is C#CC(C)(C)Nc1nc(OC)nc(OC)n1. The van der Waals surface area contributed by atoms with E-state index >= 15 is 0 Å². The van der Waals surface area contributed by atoms with Crippen LogP contribution in [0.4, 0.5) is 5.95 Å². The lowest BCUT2D eigenvalue weighted by Crippen LogP contribution is -2.29. The van der Waals surface area contributed by atoms with Crippen molar-refractivity contribution in [3.63, 3.8) is 0 Å². The summed E-state index contributed by atoms with van der Waals surface area (Å²) in [6.45, 7) is 3.66. The van der Waals surface area contributed by atoms with E-state index < -0.39 is 5.54 Å². The van der Waals surface area contributed by atoms with Crippen molar-refractivity contribution in [2.45, 2.75) is 19.4 Å². The molecule has 0 unspecified atom stereocenters. The summed E-state index contributed by atoms with van der Waals surface area (Å²) in [6.07, 6.45) is 5.35. The number of nitrogens with zero attached hydrogens (tertiary/aromatic N) is 3. The number of anilines is 1. The fourth-order valence-electron chi connectivity index (χ4n) is 0.892. The highest BCUT2D eigenvalue weighted by atomic mass is 16.5. The smallest absolute Gasteiger partial charge is 0.324 e. The number of methoxy groups -OCH3 is 2. The average Bonchev–Trinajstić information content (AvgIpc) is 2.28. The molecule has 1 rings (SSSR count). The van der Waals surface area contributed by atoms with Crippen molar-refractivity contribution < 1.29 is 9.47 Å². The summed E-state index contributed by atoms with van der Waals surface area (Å²) in [5.74, 6) is 2.88. The Bertz CT molecular complexity index is 390. The van der Waals surface area contributed by atoms with Gasteiger partial charge < -0.3 is 14.8 Å². The molecule has 6 heteroatoms. The van der Waals surface area contributed by atoms with Crippen LogP contribution in [0.15, 0.2) is 0 Å². The average molecular weight is 222 g/mol. The summed E-state index contributed by atoms with van der Waals surface area (Å²) in [7, 11) is 2.93. The molecule has 0 amide bonds. The molecule has 86 valence electrons. The molecule has 0 aromatic carbocycles. The van der Waals surface area contributed by atoms with Gasteiger partial charge in [0.1, 0.15) is 0 Å². The van der Waals surface area contributed by atoms with Crippen molar-refractivity contribution in [3.8, 4) is 24.4 Å². The molecule has 16 heavy (non-hydrogen) atoms. The first kappa shape index (κ1) is 12.0. The second kappa shape index (κ2) is 4.66. The normalized spacial score (nSPS) is 10.4. The predicted molar refractivity (Wildman–Crippen MR) is 59.5 cm³/mol. The van der Waals surface area contributed by atoms with Crippen molar-refractivity contribution in [3.05, 3.63) is 0 Å². The van der Waals surface area contributed by atoms with E-state index in [0.29, 0.717) is 5.95 Å². The molecule has 0 saturated carbocycles. The first-order valence-electron chi connectivity index (χ1n) is 4.61. The summed E-state index contributed by atoms with van der Waals surface area (Å²) in [4.78, 5) is 11.9. The van der Waals surface area contributed by atoms with Gasteiger partial charge >= 0.3 is 12.0 Å². The van der Waals surface area contributed by atoms with Gasteiger partial charge in [0.2, 0.25) is 5.95 Å². The van der Waals surface area contributed by atoms with Crippen LogP contribution in [0.3, 0.4) is 0 Å². The van der Waals surface area contributed by atoms with Crippen LogP contribution >= 0.6 is 0 Å². The van der Waals surface area contributed by atoms with Crippen LogP contribution in [0, 0.1) is 12.3 Å². The molecule has 1 aromatic rings. The zero-order valence-electron chi connectivity index (χ0n) is 9.74. The molecule has 0 fully saturated rings. The van der Waals surface area contributed by atoms with Crippen LogP contribution in [0.1, 0.15) is 13.8 Å². The third-order valence-corrected chi connectivity index (χ3v) is 1.74. The Morgan fingerprint density at radius 1 is 1.12 bits per heavy atom. The number of rotatable bonds is 4. The topological polar surface area (TPSA) is 69.2 Å². The molecule has 0 spiro atoms. The van der Waals surface area contributed by atoms with Crippen molar-refractivity contribution in [1.82, 2.24) is 15.0 Å². The van der Waals surface area contributed by atoms with Gasteiger partial charge in [0.25, 0.3) is 0 Å². The lowest BCUT2D eigenvalue weighted by atomic mass is 10.1. The Morgan fingerprint density at radius 2 is 1.62 bits per heavy atom. The number of hydrogen-bond donors (Lipinski definition) is 1. The van der Waals surface area contributed by atoms with Gasteiger partial charge in [0.05, 0.1) is 19.8 Å². The van der Waals surface area contributed by atoms with E-state index in [1.165, 1.54) is 14.2 Å². The van der Waals surface area contributed by atoms with E-state index in [1.54, 1.807) is 0 Å². The highest BCUT2D eigenvalue weighted by Crippen LogP contribution is 2.15.